The van der Waals surface area contributed by atoms with Crippen LogP contribution in [0.3, 0.4) is 0 Å². The highest BCUT2D eigenvalue weighted by atomic mass is 35.5. The van der Waals surface area contributed by atoms with Gasteiger partial charge in [-0.25, -0.2) is 4.79 Å². The van der Waals surface area contributed by atoms with Crippen LogP contribution in [0.1, 0.15) is 37.8 Å². The predicted octanol–water partition coefficient (Wildman–Crippen LogP) is 3.35. The van der Waals surface area contributed by atoms with E-state index in [-0.39, 0.29) is 18.7 Å². The van der Waals surface area contributed by atoms with Crippen molar-refractivity contribution in [2.24, 2.45) is 0 Å². The van der Waals surface area contributed by atoms with Crippen LogP contribution in [0.15, 0.2) is 24.3 Å². The highest BCUT2D eigenvalue weighted by molar-refractivity contribution is 7.99. The quantitative estimate of drug-likeness (QED) is 0.743. The zero-order valence-corrected chi connectivity index (χ0v) is 14.3. The van der Waals surface area contributed by atoms with Crippen LogP contribution in [-0.2, 0) is 0 Å². The summed E-state index contributed by atoms with van der Waals surface area (Å²) in [6.07, 6.45) is 3.20. The lowest BCUT2D eigenvalue weighted by Gasteiger charge is -2.20. The first-order valence-electron chi connectivity index (χ1n) is 7.67. The lowest BCUT2D eigenvalue weighted by atomic mass is 10.1. The van der Waals surface area contributed by atoms with Crippen molar-refractivity contribution in [1.29, 1.82) is 0 Å². The third-order valence-corrected chi connectivity index (χ3v) is 5.37. The molecule has 0 saturated heterocycles. The first-order chi connectivity index (χ1) is 10.6. The van der Waals surface area contributed by atoms with Crippen molar-refractivity contribution >= 4 is 29.4 Å². The number of hydrogen-bond donors (Lipinski definition) is 3. The van der Waals surface area contributed by atoms with Crippen LogP contribution in [0.5, 0.6) is 0 Å². The number of urea groups is 1. The molecule has 1 aliphatic rings. The normalized spacial score (nSPS) is 22.3. The molecule has 4 nitrogen and oxygen atoms in total. The summed E-state index contributed by atoms with van der Waals surface area (Å²) in [5.74, 6) is 1.12. The van der Waals surface area contributed by atoms with E-state index in [0.29, 0.717) is 10.3 Å². The second-order valence-corrected chi connectivity index (χ2v) is 7.51. The first-order valence-corrected chi connectivity index (χ1v) is 9.10. The number of carbonyl (C=O) groups is 1. The van der Waals surface area contributed by atoms with E-state index in [9.17, 15) is 9.90 Å². The topological polar surface area (TPSA) is 61.4 Å². The fourth-order valence-electron chi connectivity index (χ4n) is 2.77. The van der Waals surface area contributed by atoms with Gasteiger partial charge in [-0.15, -0.1) is 0 Å². The van der Waals surface area contributed by atoms with E-state index in [4.69, 9.17) is 11.6 Å². The molecule has 2 amide bonds. The van der Waals surface area contributed by atoms with E-state index in [2.05, 4.69) is 17.6 Å². The van der Waals surface area contributed by atoms with Crippen LogP contribution in [-0.4, -0.2) is 34.8 Å². The van der Waals surface area contributed by atoms with Crippen molar-refractivity contribution in [2.45, 2.75) is 43.5 Å². The molecule has 1 aliphatic carbocycles. The molecule has 1 fully saturated rings. The molecule has 122 valence electrons. The molecule has 0 aliphatic heterocycles. The summed E-state index contributed by atoms with van der Waals surface area (Å²) in [6.45, 7) is 2.02. The maximum atomic E-state index is 12.1. The Hall–Kier alpha value is -0.910. The van der Waals surface area contributed by atoms with Gasteiger partial charge >= 0.3 is 6.03 Å². The summed E-state index contributed by atoms with van der Waals surface area (Å²) in [7, 11) is 0. The van der Waals surface area contributed by atoms with Crippen LogP contribution in [0.2, 0.25) is 5.02 Å². The zero-order valence-electron chi connectivity index (χ0n) is 12.7. The van der Waals surface area contributed by atoms with Gasteiger partial charge in [-0.1, -0.05) is 30.7 Å². The molecule has 3 atom stereocenters. The molecule has 3 unspecified atom stereocenters. The number of benzene rings is 1. The number of halogens is 1. The Morgan fingerprint density at radius 3 is 2.77 bits per heavy atom. The van der Waals surface area contributed by atoms with Gasteiger partial charge in [0.05, 0.1) is 12.6 Å². The second-order valence-electron chi connectivity index (χ2n) is 5.49. The van der Waals surface area contributed by atoms with Gasteiger partial charge in [-0.2, -0.15) is 11.8 Å². The van der Waals surface area contributed by atoms with E-state index in [1.165, 1.54) is 0 Å². The van der Waals surface area contributed by atoms with Gasteiger partial charge in [-0.05, 0) is 42.7 Å². The van der Waals surface area contributed by atoms with Gasteiger partial charge in [0.2, 0.25) is 0 Å². The Kier molecular flexibility index (Phi) is 6.86. The summed E-state index contributed by atoms with van der Waals surface area (Å²) < 4.78 is 0. The standard InChI is InChI=1S/C16H23ClN2O2S/c1-2-22-14-8-7-13(9-14)18-16(21)19-15(10-20)11-3-5-12(17)6-4-11/h3-6,13-15,20H,2,7-10H2,1H3,(H2,18,19,21). The lowest BCUT2D eigenvalue weighted by molar-refractivity contribution is 0.214. The Morgan fingerprint density at radius 2 is 2.14 bits per heavy atom. The fraction of sp³-hybridized carbons (Fsp3) is 0.562. The molecule has 0 radical (unpaired) electrons. The molecular weight excluding hydrogens is 320 g/mol. The number of thioether (sulfide) groups is 1. The molecule has 3 N–H and O–H groups in total. The van der Waals surface area contributed by atoms with Gasteiger partial charge in [-0.3, -0.25) is 0 Å². The monoisotopic (exact) mass is 342 g/mol. The van der Waals surface area contributed by atoms with E-state index in [1.54, 1.807) is 12.1 Å². The second kappa shape index (κ2) is 8.65. The maximum Gasteiger partial charge on any atom is 0.315 e. The van der Waals surface area contributed by atoms with E-state index in [0.717, 1.165) is 30.6 Å². The summed E-state index contributed by atoms with van der Waals surface area (Å²) in [5.41, 5.74) is 0.841. The molecule has 1 aromatic carbocycles. The average molecular weight is 343 g/mol. The van der Waals surface area contributed by atoms with Crippen molar-refractivity contribution in [1.82, 2.24) is 10.6 Å². The molecule has 0 aromatic heterocycles. The Bertz CT molecular complexity index is 484. The first kappa shape index (κ1) is 17.4. The van der Waals surface area contributed by atoms with Crippen LogP contribution in [0.4, 0.5) is 4.79 Å². The van der Waals surface area contributed by atoms with Gasteiger partial charge in [0, 0.05) is 16.3 Å². The molecular formula is C16H23ClN2O2S. The summed E-state index contributed by atoms with van der Waals surface area (Å²) in [6, 6.07) is 6.72. The van der Waals surface area contributed by atoms with Crippen molar-refractivity contribution in [3.05, 3.63) is 34.9 Å². The molecule has 6 heteroatoms. The minimum absolute atomic E-state index is 0.145. The van der Waals surface area contributed by atoms with Gasteiger partial charge in [0.25, 0.3) is 0 Å². The molecule has 0 bridgehead atoms. The van der Waals surface area contributed by atoms with Crippen molar-refractivity contribution in [3.8, 4) is 0 Å². The average Bonchev–Trinajstić information content (AvgIpc) is 2.93. The smallest absolute Gasteiger partial charge is 0.315 e. The summed E-state index contributed by atoms with van der Waals surface area (Å²) in [5, 5.41) is 16.6. The van der Waals surface area contributed by atoms with Crippen molar-refractivity contribution < 1.29 is 9.90 Å². The number of nitrogens with one attached hydrogen (secondary N) is 2. The van der Waals surface area contributed by atoms with Crippen LogP contribution in [0.25, 0.3) is 0 Å². The number of carbonyl (C=O) groups excluding carboxylic acids is 1. The maximum absolute atomic E-state index is 12.1. The summed E-state index contributed by atoms with van der Waals surface area (Å²) in [4.78, 5) is 12.1. The molecule has 2 rings (SSSR count). The van der Waals surface area contributed by atoms with Crippen LogP contribution >= 0.6 is 23.4 Å². The SMILES string of the molecule is CCSC1CCC(NC(=O)NC(CO)c2ccc(Cl)cc2)C1. The molecule has 22 heavy (non-hydrogen) atoms. The number of amides is 2. The van der Waals surface area contributed by atoms with Gasteiger partial charge in [0.1, 0.15) is 0 Å². The van der Waals surface area contributed by atoms with Crippen molar-refractivity contribution in [3.63, 3.8) is 0 Å². The Balaban J connectivity index is 1.83. The van der Waals surface area contributed by atoms with Crippen LogP contribution < -0.4 is 10.6 Å². The predicted molar refractivity (Wildman–Crippen MR) is 92.5 cm³/mol. The number of hydrogen-bond acceptors (Lipinski definition) is 3. The number of aliphatic hydroxyl groups excluding tert-OH is 1. The zero-order chi connectivity index (χ0) is 15.9. The summed E-state index contributed by atoms with van der Waals surface area (Å²) >= 11 is 7.82. The number of aliphatic hydroxyl groups is 1. The number of rotatable bonds is 6. The largest absolute Gasteiger partial charge is 0.394 e. The minimum atomic E-state index is -0.417. The molecule has 1 saturated carbocycles. The molecule has 1 aromatic rings. The Labute approximate surface area is 141 Å². The third-order valence-electron chi connectivity index (χ3n) is 3.88. The Morgan fingerprint density at radius 1 is 1.41 bits per heavy atom. The fourth-order valence-corrected chi connectivity index (χ4v) is 4.04. The van der Waals surface area contributed by atoms with Crippen molar-refractivity contribution in [2.75, 3.05) is 12.4 Å². The van der Waals surface area contributed by atoms with E-state index < -0.39 is 6.04 Å². The molecule has 0 spiro atoms. The third kappa shape index (κ3) is 5.07. The van der Waals surface area contributed by atoms with Crippen LogP contribution in [0, 0.1) is 0 Å². The highest BCUT2D eigenvalue weighted by Crippen LogP contribution is 2.29. The minimum Gasteiger partial charge on any atom is -0.394 e. The highest BCUT2D eigenvalue weighted by Gasteiger charge is 2.26. The lowest BCUT2D eigenvalue weighted by Crippen LogP contribution is -2.43. The van der Waals surface area contributed by atoms with E-state index >= 15 is 0 Å². The molecule has 0 heterocycles. The van der Waals surface area contributed by atoms with E-state index in [1.807, 2.05) is 23.9 Å². The van der Waals surface area contributed by atoms with Gasteiger partial charge < -0.3 is 15.7 Å². The van der Waals surface area contributed by atoms with Gasteiger partial charge in [0.15, 0.2) is 0 Å².